The molecule has 162 valence electrons. The van der Waals surface area contributed by atoms with Crippen LogP contribution in [0.5, 0.6) is 0 Å². The van der Waals surface area contributed by atoms with E-state index in [9.17, 15) is 34.5 Å². The van der Waals surface area contributed by atoms with Crippen LogP contribution in [0, 0.1) is 5.92 Å². The molecule has 0 aliphatic rings. The average molecular weight is 423 g/mol. The van der Waals surface area contributed by atoms with Crippen molar-refractivity contribution in [3.05, 3.63) is 0 Å². The van der Waals surface area contributed by atoms with E-state index in [0.29, 0.717) is 6.42 Å². The van der Waals surface area contributed by atoms with Gasteiger partial charge in [0.1, 0.15) is 24.2 Å². The summed E-state index contributed by atoms with van der Waals surface area (Å²) >= 11 is 3.98. The Kier molecular flexibility index (Phi) is 11.7. The number of carbonyl (C=O) groups is 4. The summed E-state index contributed by atoms with van der Waals surface area (Å²) in [6, 6.07) is -5.07. The van der Waals surface area contributed by atoms with E-state index in [4.69, 9.17) is 5.73 Å². The molecule has 0 radical (unpaired) electrons. The zero-order chi connectivity index (χ0) is 22.0. The quantitative estimate of drug-likeness (QED) is 0.155. The molecule has 8 N–H and O–H groups in total. The maximum Gasteiger partial charge on any atom is 0.326 e. The van der Waals surface area contributed by atoms with Gasteiger partial charge >= 0.3 is 5.97 Å². The first-order valence-electron chi connectivity index (χ1n) is 8.79. The predicted octanol–water partition coefficient (Wildman–Crippen LogP) is -2.80. The van der Waals surface area contributed by atoms with Crippen molar-refractivity contribution in [3.8, 4) is 0 Å². The Balaban J connectivity index is 5.05. The Bertz CT molecular complexity index is 561. The molecule has 12 heteroatoms. The summed E-state index contributed by atoms with van der Waals surface area (Å²) in [6.07, 6.45) is -0.663. The molecule has 0 heterocycles. The van der Waals surface area contributed by atoms with Gasteiger partial charge in [-0.2, -0.15) is 12.6 Å². The molecule has 0 saturated heterocycles. The van der Waals surface area contributed by atoms with Gasteiger partial charge in [0.2, 0.25) is 17.7 Å². The number of nitrogens with two attached hydrogens (primary N) is 1. The third kappa shape index (κ3) is 8.00. The molecule has 0 aromatic rings. The minimum absolute atomic E-state index is 0.149. The molecule has 3 amide bonds. The number of hydrogen-bond donors (Lipinski definition) is 8. The van der Waals surface area contributed by atoms with Gasteiger partial charge < -0.3 is 37.0 Å². The molecular weight excluding hydrogens is 392 g/mol. The van der Waals surface area contributed by atoms with Crippen LogP contribution in [0.2, 0.25) is 0 Å². The van der Waals surface area contributed by atoms with Gasteiger partial charge in [-0.15, -0.1) is 0 Å². The molecule has 0 saturated carbocycles. The van der Waals surface area contributed by atoms with Crippen molar-refractivity contribution in [1.29, 1.82) is 0 Å². The summed E-state index contributed by atoms with van der Waals surface area (Å²) in [6.45, 7) is 3.94. The number of carboxylic acids is 1. The van der Waals surface area contributed by atoms with Crippen molar-refractivity contribution in [2.75, 3.05) is 12.4 Å². The molecule has 0 aromatic carbocycles. The van der Waals surface area contributed by atoms with Crippen molar-refractivity contribution in [2.24, 2.45) is 11.7 Å². The number of aliphatic hydroxyl groups excluding tert-OH is 2. The highest BCUT2D eigenvalue weighted by Crippen LogP contribution is 2.08. The van der Waals surface area contributed by atoms with Gasteiger partial charge in [-0.25, -0.2) is 4.79 Å². The van der Waals surface area contributed by atoms with Crippen molar-refractivity contribution in [2.45, 2.75) is 57.5 Å². The van der Waals surface area contributed by atoms with Crippen molar-refractivity contribution in [1.82, 2.24) is 16.0 Å². The lowest BCUT2D eigenvalue weighted by Crippen LogP contribution is -2.59. The first-order chi connectivity index (χ1) is 13.0. The van der Waals surface area contributed by atoms with Crippen LogP contribution in [0.15, 0.2) is 0 Å². The third-order valence-electron chi connectivity index (χ3n) is 4.23. The summed E-state index contributed by atoms with van der Waals surface area (Å²) in [5.74, 6) is -4.22. The van der Waals surface area contributed by atoms with E-state index in [1.54, 1.807) is 13.8 Å². The monoisotopic (exact) mass is 422 g/mol. The zero-order valence-corrected chi connectivity index (χ0v) is 17.0. The second kappa shape index (κ2) is 12.5. The summed E-state index contributed by atoms with van der Waals surface area (Å²) in [5.41, 5.74) is 5.46. The van der Waals surface area contributed by atoms with Gasteiger partial charge in [0.05, 0.1) is 12.7 Å². The van der Waals surface area contributed by atoms with E-state index in [1.807, 2.05) is 0 Å². The third-order valence-corrected chi connectivity index (χ3v) is 4.60. The van der Waals surface area contributed by atoms with Gasteiger partial charge in [0.15, 0.2) is 0 Å². The molecule has 11 nitrogen and oxygen atoms in total. The first kappa shape index (κ1) is 26.1. The number of thiol groups is 1. The molecule has 0 fully saturated rings. The summed E-state index contributed by atoms with van der Waals surface area (Å²) in [4.78, 5) is 47.8. The normalized spacial score (nSPS) is 17.4. The van der Waals surface area contributed by atoms with E-state index >= 15 is 0 Å². The molecule has 0 aliphatic heterocycles. The van der Waals surface area contributed by atoms with Gasteiger partial charge in [-0.1, -0.05) is 20.3 Å². The second-order valence-corrected chi connectivity index (χ2v) is 6.83. The maximum atomic E-state index is 12.3. The largest absolute Gasteiger partial charge is 0.480 e. The van der Waals surface area contributed by atoms with E-state index in [2.05, 4.69) is 28.6 Å². The van der Waals surface area contributed by atoms with Gasteiger partial charge in [-0.05, 0) is 12.8 Å². The van der Waals surface area contributed by atoms with Crippen LogP contribution in [-0.2, 0) is 19.2 Å². The van der Waals surface area contributed by atoms with Crippen LogP contribution in [0.3, 0.4) is 0 Å². The average Bonchev–Trinajstić information content (AvgIpc) is 2.65. The van der Waals surface area contributed by atoms with E-state index < -0.39 is 60.6 Å². The summed E-state index contributed by atoms with van der Waals surface area (Å²) in [7, 11) is 0. The smallest absolute Gasteiger partial charge is 0.326 e. The minimum Gasteiger partial charge on any atom is -0.480 e. The van der Waals surface area contributed by atoms with Gasteiger partial charge in [0, 0.05) is 5.75 Å². The number of rotatable bonds is 12. The Labute approximate surface area is 168 Å². The lowest BCUT2D eigenvalue weighted by atomic mass is 9.99. The van der Waals surface area contributed by atoms with E-state index in [1.165, 1.54) is 6.92 Å². The highest BCUT2D eigenvalue weighted by Gasteiger charge is 2.31. The highest BCUT2D eigenvalue weighted by atomic mass is 32.1. The zero-order valence-electron chi connectivity index (χ0n) is 16.1. The fourth-order valence-electron chi connectivity index (χ4n) is 2.08. The standard InChI is InChI=1S/C16H30N4O7S/c1-4-7(2)12(16(26)27)20-14(24)10(6-28)19-13(23)9(5-21)18-15(25)11(17)8(3)22/h7-12,21-22,28H,4-6,17H2,1-3H3,(H,18,25)(H,19,23)(H,20,24)(H,26,27). The number of carboxylic acid groups (broad SMARTS) is 1. The van der Waals surface area contributed by atoms with Crippen molar-refractivity contribution < 1.29 is 34.5 Å². The second-order valence-electron chi connectivity index (χ2n) is 6.46. The molecule has 0 aromatic heterocycles. The highest BCUT2D eigenvalue weighted by molar-refractivity contribution is 7.80. The Hall–Kier alpha value is -1.89. The summed E-state index contributed by atoms with van der Waals surface area (Å²) < 4.78 is 0. The van der Waals surface area contributed by atoms with Gasteiger partial charge in [0.25, 0.3) is 0 Å². The van der Waals surface area contributed by atoms with Crippen LogP contribution < -0.4 is 21.7 Å². The van der Waals surface area contributed by atoms with Crippen LogP contribution in [0.1, 0.15) is 27.2 Å². The number of hydrogen-bond acceptors (Lipinski definition) is 8. The fraction of sp³-hybridized carbons (Fsp3) is 0.750. The Morgan fingerprint density at radius 3 is 1.89 bits per heavy atom. The summed E-state index contributed by atoms with van der Waals surface area (Å²) in [5, 5.41) is 34.7. The molecule has 0 bridgehead atoms. The molecule has 28 heavy (non-hydrogen) atoms. The number of aliphatic carboxylic acids is 1. The molecule has 0 aliphatic carbocycles. The fourth-order valence-corrected chi connectivity index (χ4v) is 2.34. The molecule has 0 spiro atoms. The number of aliphatic hydroxyl groups is 2. The van der Waals surface area contributed by atoms with Crippen molar-refractivity contribution in [3.63, 3.8) is 0 Å². The predicted molar refractivity (Wildman–Crippen MR) is 103 cm³/mol. The Morgan fingerprint density at radius 1 is 1.00 bits per heavy atom. The van der Waals surface area contributed by atoms with Crippen LogP contribution in [-0.4, -0.2) is 81.6 Å². The number of nitrogens with one attached hydrogen (secondary N) is 3. The van der Waals surface area contributed by atoms with Crippen LogP contribution in [0.4, 0.5) is 0 Å². The number of carbonyl (C=O) groups excluding carboxylic acids is 3. The van der Waals surface area contributed by atoms with Crippen LogP contribution in [0.25, 0.3) is 0 Å². The molecule has 0 rings (SSSR count). The molecular formula is C16H30N4O7S. The topological polar surface area (TPSA) is 191 Å². The maximum absolute atomic E-state index is 12.3. The van der Waals surface area contributed by atoms with Crippen LogP contribution >= 0.6 is 12.6 Å². The molecule has 6 unspecified atom stereocenters. The van der Waals surface area contributed by atoms with E-state index in [-0.39, 0.29) is 11.7 Å². The molecule has 6 atom stereocenters. The first-order valence-corrected chi connectivity index (χ1v) is 9.42. The Morgan fingerprint density at radius 2 is 1.50 bits per heavy atom. The lowest BCUT2D eigenvalue weighted by Gasteiger charge is -2.25. The van der Waals surface area contributed by atoms with Gasteiger partial charge in [-0.3, -0.25) is 14.4 Å². The number of amides is 3. The lowest BCUT2D eigenvalue weighted by molar-refractivity contribution is -0.143. The van der Waals surface area contributed by atoms with Crippen molar-refractivity contribution >= 4 is 36.3 Å². The van der Waals surface area contributed by atoms with E-state index in [0.717, 1.165) is 0 Å². The SMILES string of the molecule is CCC(C)C(NC(=O)C(CS)NC(=O)C(CO)NC(=O)C(N)C(C)O)C(=O)O. The minimum atomic E-state index is -1.42.